The molecular formula is C12H18N2O4S. The first-order valence-corrected chi connectivity index (χ1v) is 7.60. The number of nitrogens with one attached hydrogen (secondary N) is 1. The molecule has 1 aliphatic rings. The quantitative estimate of drug-likeness (QED) is 0.814. The van der Waals surface area contributed by atoms with Gasteiger partial charge in [-0.05, 0) is 24.6 Å². The highest BCUT2D eigenvalue weighted by Crippen LogP contribution is 2.32. The van der Waals surface area contributed by atoms with Gasteiger partial charge in [0.05, 0.1) is 4.90 Å². The first kappa shape index (κ1) is 14.1. The molecule has 0 saturated heterocycles. The third kappa shape index (κ3) is 3.37. The van der Waals surface area contributed by atoms with Gasteiger partial charge in [-0.3, -0.25) is 0 Å². The molecule has 1 aliphatic heterocycles. The lowest BCUT2D eigenvalue weighted by Gasteiger charge is -2.19. The van der Waals surface area contributed by atoms with Crippen LogP contribution in [0.15, 0.2) is 23.1 Å². The Hall–Kier alpha value is -1.31. The molecule has 106 valence electrons. The van der Waals surface area contributed by atoms with Crippen molar-refractivity contribution in [3.63, 3.8) is 0 Å². The average molecular weight is 286 g/mol. The lowest BCUT2D eigenvalue weighted by molar-refractivity contribution is 0.171. The fourth-order valence-electron chi connectivity index (χ4n) is 1.61. The van der Waals surface area contributed by atoms with E-state index in [1.165, 1.54) is 12.1 Å². The number of benzene rings is 1. The molecular weight excluding hydrogens is 268 g/mol. The van der Waals surface area contributed by atoms with Crippen LogP contribution in [0.4, 0.5) is 0 Å². The van der Waals surface area contributed by atoms with Gasteiger partial charge < -0.3 is 15.2 Å². The van der Waals surface area contributed by atoms with Crippen LogP contribution in [0.3, 0.4) is 0 Å². The molecule has 0 spiro atoms. The lowest BCUT2D eigenvalue weighted by Crippen LogP contribution is -2.31. The average Bonchev–Trinajstić information content (AvgIpc) is 2.44. The van der Waals surface area contributed by atoms with E-state index in [9.17, 15) is 8.42 Å². The second-order valence-corrected chi connectivity index (χ2v) is 6.27. The summed E-state index contributed by atoms with van der Waals surface area (Å²) in [4.78, 5) is 0.168. The minimum Gasteiger partial charge on any atom is -0.486 e. The van der Waals surface area contributed by atoms with Crippen LogP contribution in [0.25, 0.3) is 0 Å². The Morgan fingerprint density at radius 2 is 2.00 bits per heavy atom. The number of sulfonamides is 1. The molecule has 1 unspecified atom stereocenters. The Bertz CT molecular complexity index is 545. The van der Waals surface area contributed by atoms with Crippen LogP contribution in [0.5, 0.6) is 11.5 Å². The van der Waals surface area contributed by atoms with Gasteiger partial charge in [0.1, 0.15) is 13.2 Å². The summed E-state index contributed by atoms with van der Waals surface area (Å²) in [6.07, 6.45) is 0. The molecule has 2 rings (SSSR count). The highest BCUT2D eigenvalue weighted by Gasteiger charge is 2.19. The molecule has 0 aromatic heterocycles. The fraction of sp³-hybridized carbons (Fsp3) is 0.500. The largest absolute Gasteiger partial charge is 0.486 e. The number of hydrogen-bond acceptors (Lipinski definition) is 5. The first-order chi connectivity index (χ1) is 9.03. The SMILES string of the molecule is CC(CN)CNS(=O)(=O)c1ccc2c(c1)OCCO2. The lowest BCUT2D eigenvalue weighted by atomic mass is 10.2. The van der Waals surface area contributed by atoms with E-state index in [0.717, 1.165) is 0 Å². The van der Waals surface area contributed by atoms with Gasteiger partial charge in [-0.2, -0.15) is 0 Å². The summed E-state index contributed by atoms with van der Waals surface area (Å²) in [5, 5.41) is 0. The topological polar surface area (TPSA) is 90.7 Å². The van der Waals surface area contributed by atoms with Crippen LogP contribution in [0.1, 0.15) is 6.92 Å². The van der Waals surface area contributed by atoms with Crippen molar-refractivity contribution < 1.29 is 17.9 Å². The molecule has 0 aliphatic carbocycles. The van der Waals surface area contributed by atoms with E-state index in [1.54, 1.807) is 6.07 Å². The highest BCUT2D eigenvalue weighted by atomic mass is 32.2. The Morgan fingerprint density at radius 1 is 1.32 bits per heavy atom. The van der Waals surface area contributed by atoms with Crippen molar-refractivity contribution in [1.29, 1.82) is 0 Å². The van der Waals surface area contributed by atoms with Crippen molar-refractivity contribution in [2.75, 3.05) is 26.3 Å². The van der Waals surface area contributed by atoms with Crippen molar-refractivity contribution in [1.82, 2.24) is 4.72 Å². The molecule has 3 N–H and O–H groups in total. The summed E-state index contributed by atoms with van der Waals surface area (Å²) < 4.78 is 37.4. The molecule has 1 aromatic carbocycles. The maximum absolute atomic E-state index is 12.1. The molecule has 0 radical (unpaired) electrons. The summed E-state index contributed by atoms with van der Waals surface area (Å²) >= 11 is 0. The molecule has 0 fully saturated rings. The van der Waals surface area contributed by atoms with E-state index in [1.807, 2.05) is 6.92 Å². The van der Waals surface area contributed by atoms with E-state index < -0.39 is 10.0 Å². The van der Waals surface area contributed by atoms with Crippen molar-refractivity contribution in [2.24, 2.45) is 11.7 Å². The minimum atomic E-state index is -3.54. The van der Waals surface area contributed by atoms with Crippen molar-refractivity contribution in [3.05, 3.63) is 18.2 Å². The van der Waals surface area contributed by atoms with Gasteiger partial charge in [0.25, 0.3) is 0 Å². The van der Waals surface area contributed by atoms with Crippen molar-refractivity contribution in [3.8, 4) is 11.5 Å². The number of hydrogen-bond donors (Lipinski definition) is 2. The Labute approximate surface area is 112 Å². The van der Waals surface area contributed by atoms with Gasteiger partial charge in [-0.1, -0.05) is 6.92 Å². The zero-order valence-corrected chi connectivity index (χ0v) is 11.6. The Morgan fingerprint density at radius 3 is 2.68 bits per heavy atom. The van der Waals surface area contributed by atoms with Crippen LogP contribution in [-0.4, -0.2) is 34.7 Å². The van der Waals surface area contributed by atoms with E-state index in [0.29, 0.717) is 37.8 Å². The molecule has 6 nitrogen and oxygen atoms in total. The molecule has 7 heteroatoms. The third-order valence-electron chi connectivity index (χ3n) is 2.85. The molecule has 1 atom stereocenters. The fourth-order valence-corrected chi connectivity index (χ4v) is 2.79. The highest BCUT2D eigenvalue weighted by molar-refractivity contribution is 7.89. The van der Waals surface area contributed by atoms with Crippen molar-refractivity contribution >= 4 is 10.0 Å². The maximum atomic E-state index is 12.1. The van der Waals surface area contributed by atoms with E-state index in [2.05, 4.69) is 4.72 Å². The monoisotopic (exact) mass is 286 g/mol. The summed E-state index contributed by atoms with van der Waals surface area (Å²) in [7, 11) is -3.54. The summed E-state index contributed by atoms with van der Waals surface area (Å²) in [6.45, 7) is 3.53. The molecule has 1 heterocycles. The van der Waals surface area contributed by atoms with Gasteiger partial charge in [0.2, 0.25) is 10.0 Å². The molecule has 0 amide bonds. The van der Waals surface area contributed by atoms with Gasteiger partial charge in [-0.15, -0.1) is 0 Å². The molecule has 0 saturated carbocycles. The predicted molar refractivity (Wildman–Crippen MR) is 70.8 cm³/mol. The van der Waals surface area contributed by atoms with Crippen LogP contribution in [0, 0.1) is 5.92 Å². The Kier molecular flexibility index (Phi) is 4.28. The van der Waals surface area contributed by atoms with Gasteiger partial charge in [0.15, 0.2) is 11.5 Å². The summed E-state index contributed by atoms with van der Waals surface area (Å²) in [6, 6.07) is 4.59. The summed E-state index contributed by atoms with van der Waals surface area (Å²) in [5.41, 5.74) is 5.46. The van der Waals surface area contributed by atoms with Crippen molar-refractivity contribution in [2.45, 2.75) is 11.8 Å². The third-order valence-corrected chi connectivity index (χ3v) is 4.27. The van der Waals surface area contributed by atoms with Crippen LogP contribution >= 0.6 is 0 Å². The number of nitrogens with two attached hydrogens (primary N) is 1. The number of ether oxygens (including phenoxy) is 2. The zero-order valence-electron chi connectivity index (χ0n) is 10.8. The minimum absolute atomic E-state index is 0.0898. The van der Waals surface area contributed by atoms with Gasteiger partial charge >= 0.3 is 0 Å². The van der Waals surface area contributed by atoms with Gasteiger partial charge in [0, 0.05) is 12.6 Å². The molecule has 0 bridgehead atoms. The Balaban J connectivity index is 2.16. The smallest absolute Gasteiger partial charge is 0.240 e. The second kappa shape index (κ2) is 5.77. The number of rotatable bonds is 5. The zero-order chi connectivity index (χ0) is 13.9. The maximum Gasteiger partial charge on any atom is 0.240 e. The molecule has 19 heavy (non-hydrogen) atoms. The van der Waals surface area contributed by atoms with Crippen LogP contribution in [-0.2, 0) is 10.0 Å². The summed E-state index contributed by atoms with van der Waals surface area (Å²) in [5.74, 6) is 1.12. The standard InChI is InChI=1S/C12H18N2O4S/c1-9(7-13)8-14-19(15,16)10-2-3-11-12(6-10)18-5-4-17-11/h2-3,6,9,14H,4-5,7-8,13H2,1H3. The molecule has 1 aromatic rings. The van der Waals surface area contributed by atoms with E-state index >= 15 is 0 Å². The van der Waals surface area contributed by atoms with E-state index in [4.69, 9.17) is 15.2 Å². The van der Waals surface area contributed by atoms with E-state index in [-0.39, 0.29) is 10.8 Å². The predicted octanol–water partition coefficient (Wildman–Crippen LogP) is 0.331. The second-order valence-electron chi connectivity index (χ2n) is 4.50. The van der Waals surface area contributed by atoms with Gasteiger partial charge in [-0.25, -0.2) is 13.1 Å². The number of fused-ring (bicyclic) bond motifs is 1. The normalized spacial score (nSPS) is 16.1. The van der Waals surface area contributed by atoms with Crippen LogP contribution in [0.2, 0.25) is 0 Å². The first-order valence-electron chi connectivity index (χ1n) is 6.12. The van der Waals surface area contributed by atoms with Crippen LogP contribution < -0.4 is 19.9 Å².